The van der Waals surface area contributed by atoms with Gasteiger partial charge in [-0.3, -0.25) is 4.79 Å². The number of carbonyl (C=O) groups is 1. The lowest BCUT2D eigenvalue weighted by Crippen LogP contribution is -2.42. The van der Waals surface area contributed by atoms with Crippen molar-refractivity contribution in [3.8, 4) is 0 Å². The zero-order valence-electron chi connectivity index (χ0n) is 23.0. The lowest BCUT2D eigenvalue weighted by molar-refractivity contribution is -0.275. The molecule has 0 aliphatic carbocycles. The first-order valence-electron chi connectivity index (χ1n) is 13.5. The van der Waals surface area contributed by atoms with E-state index in [0.29, 0.717) is 35.2 Å². The fraction of sp³-hybridized carbons (Fsp3) is 0.267. The number of pyridine rings is 1. The van der Waals surface area contributed by atoms with E-state index in [4.69, 9.17) is 32.7 Å². The van der Waals surface area contributed by atoms with Crippen LogP contribution >= 0.6 is 23.2 Å². The molecule has 1 unspecified atom stereocenters. The molecular weight excluding hydrogens is 605 g/mol. The number of alkyl halides is 3. The Bertz CT molecular complexity index is 1770. The Morgan fingerprint density at radius 2 is 1.86 bits per heavy atom. The van der Waals surface area contributed by atoms with Crippen LogP contribution in [0.2, 0.25) is 10.0 Å². The number of benzene rings is 2. The topological polar surface area (TPSA) is 84.6 Å². The Balaban J connectivity index is 1.20. The third kappa shape index (κ3) is 5.18. The van der Waals surface area contributed by atoms with Crippen molar-refractivity contribution in [2.45, 2.75) is 44.1 Å². The molecule has 2 aliphatic rings. The van der Waals surface area contributed by atoms with Crippen LogP contribution in [-0.4, -0.2) is 40.9 Å². The Labute approximate surface area is 255 Å². The molecule has 1 atom stereocenters. The highest BCUT2D eigenvalue weighted by atomic mass is 35.5. The molecule has 0 saturated carbocycles. The lowest BCUT2D eigenvalue weighted by atomic mass is 9.77. The molecule has 0 fully saturated rings. The van der Waals surface area contributed by atoms with Gasteiger partial charge < -0.3 is 24.2 Å². The highest BCUT2D eigenvalue weighted by molar-refractivity contribution is 6.62. The molecule has 0 saturated heterocycles. The maximum atomic E-state index is 14.5. The number of halogens is 5. The molecule has 4 aromatic rings. The van der Waals surface area contributed by atoms with Crippen LogP contribution in [0.4, 0.5) is 13.2 Å². The molecular formula is C30H25BCl2F3N3O4. The van der Waals surface area contributed by atoms with Crippen LogP contribution < -0.4 is 10.8 Å². The fourth-order valence-corrected chi connectivity index (χ4v) is 6.26. The number of rotatable bonds is 6. The van der Waals surface area contributed by atoms with E-state index in [1.807, 2.05) is 32.0 Å². The normalized spacial score (nSPS) is 19.3. The van der Waals surface area contributed by atoms with Crippen molar-refractivity contribution in [2.75, 3.05) is 6.54 Å². The summed E-state index contributed by atoms with van der Waals surface area (Å²) >= 11 is 12.0. The van der Waals surface area contributed by atoms with Crippen molar-refractivity contribution in [3.63, 3.8) is 0 Å². The highest BCUT2D eigenvalue weighted by Gasteiger charge is 2.62. The van der Waals surface area contributed by atoms with Crippen LogP contribution in [0.25, 0.3) is 5.52 Å². The Kier molecular flexibility index (Phi) is 7.28. The summed E-state index contributed by atoms with van der Waals surface area (Å²) in [6.45, 7) is 4.11. The van der Waals surface area contributed by atoms with Gasteiger partial charge in [0.15, 0.2) is 0 Å². The van der Waals surface area contributed by atoms with E-state index in [0.717, 1.165) is 23.3 Å². The summed E-state index contributed by atoms with van der Waals surface area (Å²) in [5, 5.41) is 17.1. The third-order valence-corrected chi connectivity index (χ3v) is 8.32. The molecule has 0 bridgehead atoms. The van der Waals surface area contributed by atoms with Gasteiger partial charge >= 0.3 is 13.3 Å². The van der Waals surface area contributed by atoms with Crippen LogP contribution in [0.3, 0.4) is 0 Å². The molecule has 0 radical (unpaired) electrons. The van der Waals surface area contributed by atoms with E-state index in [9.17, 15) is 23.0 Å². The van der Waals surface area contributed by atoms with Gasteiger partial charge in [-0.05, 0) is 79.3 Å². The average Bonchev–Trinajstić information content (AvgIpc) is 3.65. The maximum absolute atomic E-state index is 14.5. The zero-order valence-corrected chi connectivity index (χ0v) is 24.5. The van der Waals surface area contributed by atoms with Crippen LogP contribution in [0.5, 0.6) is 0 Å². The summed E-state index contributed by atoms with van der Waals surface area (Å²) in [6.07, 6.45) is -3.29. The third-order valence-electron chi connectivity index (χ3n) is 7.88. The number of nitrogens with one attached hydrogen (secondary N) is 1. The van der Waals surface area contributed by atoms with Crippen molar-refractivity contribution >= 4 is 52.9 Å². The number of oxime groups is 1. The van der Waals surface area contributed by atoms with E-state index in [2.05, 4.69) is 10.5 Å². The molecule has 13 heteroatoms. The number of aromatic nitrogens is 1. The molecule has 4 heterocycles. The van der Waals surface area contributed by atoms with E-state index in [1.165, 1.54) is 6.07 Å². The van der Waals surface area contributed by atoms with E-state index < -0.39 is 30.9 Å². The highest BCUT2D eigenvalue weighted by Crippen LogP contribution is 2.49. The first-order chi connectivity index (χ1) is 20.3. The monoisotopic (exact) mass is 629 g/mol. The molecule has 6 rings (SSSR count). The van der Waals surface area contributed by atoms with Gasteiger partial charge in [-0.2, -0.15) is 13.2 Å². The van der Waals surface area contributed by atoms with Crippen molar-refractivity contribution in [2.24, 2.45) is 5.16 Å². The molecule has 43 heavy (non-hydrogen) atoms. The second-order valence-corrected chi connectivity index (χ2v) is 12.0. The first-order valence-corrected chi connectivity index (χ1v) is 14.2. The van der Waals surface area contributed by atoms with Gasteiger partial charge in [0.25, 0.3) is 11.5 Å². The van der Waals surface area contributed by atoms with Gasteiger partial charge in [-0.25, -0.2) is 0 Å². The number of hydrogen-bond donors (Lipinski definition) is 2. The van der Waals surface area contributed by atoms with E-state index in [-0.39, 0.29) is 27.2 Å². The Morgan fingerprint density at radius 1 is 1.12 bits per heavy atom. The zero-order chi connectivity index (χ0) is 30.7. The molecule has 222 valence electrons. The summed E-state index contributed by atoms with van der Waals surface area (Å²) in [6, 6.07) is 15.9. The average molecular weight is 630 g/mol. The quantitative estimate of drug-likeness (QED) is 0.266. The van der Waals surface area contributed by atoms with Gasteiger partial charge in [0, 0.05) is 28.4 Å². The van der Waals surface area contributed by atoms with Gasteiger partial charge in [0.2, 0.25) is 0 Å². The lowest BCUT2D eigenvalue weighted by Gasteiger charge is -2.29. The van der Waals surface area contributed by atoms with Gasteiger partial charge in [0.05, 0.1) is 28.8 Å². The van der Waals surface area contributed by atoms with Crippen LogP contribution in [0.15, 0.2) is 72.0 Å². The van der Waals surface area contributed by atoms with Gasteiger partial charge in [-0.15, -0.1) is 0 Å². The minimum Gasteiger partial charge on any atom is -0.423 e. The van der Waals surface area contributed by atoms with Crippen molar-refractivity contribution in [1.29, 1.82) is 0 Å². The number of fused-ring (bicyclic) bond motifs is 2. The molecule has 1 amide bonds. The largest absolute Gasteiger partial charge is 0.492 e. The molecule has 2 aromatic heterocycles. The Hall–Kier alpha value is -3.51. The summed E-state index contributed by atoms with van der Waals surface area (Å²) in [5.74, 6) is -0.344. The van der Waals surface area contributed by atoms with Crippen molar-refractivity contribution in [3.05, 3.63) is 105 Å². The second-order valence-electron chi connectivity index (χ2n) is 11.1. The summed E-state index contributed by atoms with van der Waals surface area (Å²) in [7, 11) is -1.000. The molecule has 2 aliphatic heterocycles. The van der Waals surface area contributed by atoms with E-state index >= 15 is 0 Å². The summed E-state index contributed by atoms with van der Waals surface area (Å²) in [4.78, 5) is 18.3. The SMILES string of the molecule is CC1(C)OB(O)c2cc(CCNC(=O)c3ccc(C4=NOC(c5cc(Cl)cc(Cl)c5)(C(F)(F)F)C4)n4cccc34)ccc21. The number of amides is 1. The van der Waals surface area contributed by atoms with Crippen molar-refractivity contribution < 1.29 is 32.5 Å². The number of nitrogens with zero attached hydrogens (tertiary/aromatic N) is 2. The number of hydrogen-bond acceptors (Lipinski definition) is 5. The first kappa shape index (κ1) is 29.6. The van der Waals surface area contributed by atoms with Crippen LogP contribution in [-0.2, 0) is 27.1 Å². The minimum atomic E-state index is -4.83. The molecule has 2 aromatic carbocycles. The standard InChI is InChI=1S/C30H25BCl2F3N3O4/c1-28(2)22-7-5-17(12-23(22)31(41)42-28)9-10-37-27(40)21-6-8-26(39-11-3-4-25(21)39)24-16-29(43-38-24,30(34,35)36)18-13-19(32)15-20(33)14-18/h3-8,11-15,41H,9-10,16H2,1-2H3,(H,37,40). The Morgan fingerprint density at radius 3 is 2.58 bits per heavy atom. The second kappa shape index (κ2) is 10.6. The predicted octanol–water partition coefficient (Wildman–Crippen LogP) is 5.75. The van der Waals surface area contributed by atoms with Gasteiger partial charge in [0.1, 0.15) is 5.71 Å². The summed E-state index contributed by atoms with van der Waals surface area (Å²) in [5.41, 5.74) is 0.178. The maximum Gasteiger partial charge on any atom is 0.492 e. The smallest absolute Gasteiger partial charge is 0.423 e. The predicted molar refractivity (Wildman–Crippen MR) is 158 cm³/mol. The minimum absolute atomic E-state index is 0.0399. The van der Waals surface area contributed by atoms with Gasteiger partial charge in [-0.1, -0.05) is 46.6 Å². The molecule has 2 N–H and O–H groups in total. The van der Waals surface area contributed by atoms with Crippen molar-refractivity contribution in [1.82, 2.24) is 9.72 Å². The summed E-state index contributed by atoms with van der Waals surface area (Å²) < 4.78 is 50.6. The molecule has 7 nitrogen and oxygen atoms in total. The van der Waals surface area contributed by atoms with Crippen LogP contribution in [0, 0.1) is 0 Å². The fourth-order valence-electron chi connectivity index (χ4n) is 5.74. The van der Waals surface area contributed by atoms with Crippen LogP contribution in [0.1, 0.15) is 53.0 Å². The van der Waals surface area contributed by atoms with E-state index in [1.54, 1.807) is 34.9 Å². The molecule has 0 spiro atoms. The number of carbonyl (C=O) groups excluding carboxylic acids is 1.